The number of ketones is 1. The van der Waals surface area contributed by atoms with Gasteiger partial charge in [-0.1, -0.05) is 6.07 Å². The number of aryl methyl sites for hydroxylation is 2. The molecule has 0 radical (unpaired) electrons. The quantitative estimate of drug-likeness (QED) is 0.882. The Morgan fingerprint density at radius 1 is 1.25 bits per heavy atom. The summed E-state index contributed by atoms with van der Waals surface area (Å²) in [5.41, 5.74) is 3.64. The van der Waals surface area contributed by atoms with Crippen molar-refractivity contribution >= 4 is 28.2 Å². The average molecular weight is 286 g/mol. The molecule has 1 aromatic carbocycles. The maximum atomic E-state index is 12.2. The Bertz CT molecular complexity index is 691. The van der Waals surface area contributed by atoms with Crippen LogP contribution in [0.3, 0.4) is 0 Å². The van der Waals surface area contributed by atoms with Crippen LogP contribution in [0.5, 0.6) is 0 Å². The first kappa shape index (κ1) is 13.0. The van der Waals surface area contributed by atoms with Crippen molar-refractivity contribution in [2.45, 2.75) is 26.2 Å². The SMILES string of the molecule is CC(=O)c1csc(NC(=O)c2ccc3c(c2)CCC3)n1. The van der Waals surface area contributed by atoms with Crippen LogP contribution in [0.1, 0.15) is 45.3 Å². The molecular formula is C15H14N2O2S. The van der Waals surface area contributed by atoms with Crippen LogP contribution < -0.4 is 5.32 Å². The van der Waals surface area contributed by atoms with Crippen molar-refractivity contribution in [3.05, 3.63) is 46.0 Å². The van der Waals surface area contributed by atoms with E-state index in [1.165, 1.54) is 29.4 Å². The third-order valence-corrected chi connectivity index (χ3v) is 4.20. The van der Waals surface area contributed by atoms with Gasteiger partial charge < -0.3 is 0 Å². The fraction of sp³-hybridized carbons (Fsp3) is 0.267. The fourth-order valence-corrected chi connectivity index (χ4v) is 3.12. The number of nitrogens with zero attached hydrogens (tertiary/aromatic N) is 1. The molecule has 3 rings (SSSR count). The molecule has 0 unspecified atom stereocenters. The van der Waals surface area contributed by atoms with E-state index in [1.807, 2.05) is 18.2 Å². The summed E-state index contributed by atoms with van der Waals surface area (Å²) < 4.78 is 0. The molecule has 0 fully saturated rings. The van der Waals surface area contributed by atoms with Gasteiger partial charge in [0.2, 0.25) is 0 Å². The number of aromatic nitrogens is 1. The fourth-order valence-electron chi connectivity index (χ4n) is 2.38. The Kier molecular flexibility index (Phi) is 3.36. The van der Waals surface area contributed by atoms with Crippen molar-refractivity contribution in [1.82, 2.24) is 4.98 Å². The highest BCUT2D eigenvalue weighted by molar-refractivity contribution is 7.14. The average Bonchev–Trinajstić information content (AvgIpc) is 3.05. The standard InChI is InChI=1S/C15H14N2O2S/c1-9(18)13-8-20-15(16-13)17-14(19)12-6-5-10-3-2-4-11(10)7-12/h5-8H,2-4H2,1H3,(H,16,17,19). The van der Waals surface area contributed by atoms with E-state index in [0.29, 0.717) is 16.4 Å². The molecule has 4 nitrogen and oxygen atoms in total. The van der Waals surface area contributed by atoms with Crippen molar-refractivity contribution in [2.24, 2.45) is 0 Å². The van der Waals surface area contributed by atoms with Gasteiger partial charge in [0.25, 0.3) is 5.91 Å². The predicted molar refractivity (Wildman–Crippen MR) is 78.5 cm³/mol. The molecule has 0 atom stereocenters. The Morgan fingerprint density at radius 2 is 2.05 bits per heavy atom. The molecule has 2 aromatic rings. The number of carbonyl (C=O) groups is 2. The van der Waals surface area contributed by atoms with E-state index in [2.05, 4.69) is 10.3 Å². The molecule has 0 saturated carbocycles. The van der Waals surface area contributed by atoms with Crippen LogP contribution >= 0.6 is 11.3 Å². The molecule has 0 saturated heterocycles. The van der Waals surface area contributed by atoms with Gasteiger partial charge >= 0.3 is 0 Å². The minimum Gasteiger partial charge on any atom is -0.298 e. The summed E-state index contributed by atoms with van der Waals surface area (Å²) in [5.74, 6) is -0.275. The van der Waals surface area contributed by atoms with E-state index >= 15 is 0 Å². The monoisotopic (exact) mass is 286 g/mol. The number of anilines is 1. The number of fused-ring (bicyclic) bond motifs is 1. The molecule has 1 aliphatic carbocycles. The third-order valence-electron chi connectivity index (χ3n) is 3.45. The van der Waals surface area contributed by atoms with Gasteiger partial charge in [0, 0.05) is 17.9 Å². The van der Waals surface area contributed by atoms with E-state index in [0.717, 1.165) is 19.3 Å². The number of thiazole rings is 1. The lowest BCUT2D eigenvalue weighted by molar-refractivity contribution is 0.100. The van der Waals surface area contributed by atoms with E-state index in [1.54, 1.807) is 5.38 Å². The van der Waals surface area contributed by atoms with Gasteiger partial charge in [-0.25, -0.2) is 4.98 Å². The van der Waals surface area contributed by atoms with E-state index in [-0.39, 0.29) is 11.7 Å². The van der Waals surface area contributed by atoms with Gasteiger partial charge in [0.1, 0.15) is 5.69 Å². The Balaban J connectivity index is 1.77. The maximum Gasteiger partial charge on any atom is 0.257 e. The first-order valence-corrected chi connectivity index (χ1v) is 7.41. The second-order valence-corrected chi connectivity index (χ2v) is 5.74. The van der Waals surface area contributed by atoms with Crippen LogP contribution in [0.4, 0.5) is 5.13 Å². The van der Waals surface area contributed by atoms with Crippen LogP contribution in [0.2, 0.25) is 0 Å². The zero-order chi connectivity index (χ0) is 14.1. The molecule has 20 heavy (non-hydrogen) atoms. The van der Waals surface area contributed by atoms with Crippen LogP contribution in [-0.4, -0.2) is 16.7 Å². The second kappa shape index (κ2) is 5.17. The Hall–Kier alpha value is -2.01. The third kappa shape index (κ3) is 2.49. The summed E-state index contributed by atoms with van der Waals surface area (Å²) in [6.07, 6.45) is 3.31. The summed E-state index contributed by atoms with van der Waals surface area (Å²) in [6, 6.07) is 5.83. The van der Waals surface area contributed by atoms with Crippen molar-refractivity contribution in [3.63, 3.8) is 0 Å². The van der Waals surface area contributed by atoms with E-state index in [9.17, 15) is 9.59 Å². The van der Waals surface area contributed by atoms with Crippen molar-refractivity contribution in [2.75, 3.05) is 5.32 Å². The lowest BCUT2D eigenvalue weighted by Gasteiger charge is -2.04. The molecule has 0 spiro atoms. The minimum absolute atomic E-state index is 0.0979. The first-order chi connectivity index (χ1) is 9.63. The van der Waals surface area contributed by atoms with Crippen molar-refractivity contribution < 1.29 is 9.59 Å². The van der Waals surface area contributed by atoms with Crippen LogP contribution in [0.25, 0.3) is 0 Å². The Morgan fingerprint density at radius 3 is 2.80 bits per heavy atom. The van der Waals surface area contributed by atoms with Crippen LogP contribution in [0.15, 0.2) is 23.6 Å². The maximum absolute atomic E-state index is 12.2. The van der Waals surface area contributed by atoms with Crippen molar-refractivity contribution in [3.8, 4) is 0 Å². The highest BCUT2D eigenvalue weighted by Gasteiger charge is 2.15. The molecular weight excluding hydrogens is 272 g/mol. The van der Waals surface area contributed by atoms with Gasteiger partial charge in [-0.15, -0.1) is 11.3 Å². The number of carbonyl (C=O) groups excluding carboxylic acids is 2. The molecule has 1 N–H and O–H groups in total. The molecule has 0 bridgehead atoms. The van der Waals surface area contributed by atoms with Gasteiger partial charge in [0.15, 0.2) is 10.9 Å². The van der Waals surface area contributed by atoms with Gasteiger partial charge in [-0.05, 0) is 42.5 Å². The zero-order valence-electron chi connectivity index (χ0n) is 11.1. The van der Waals surface area contributed by atoms with Gasteiger partial charge in [0.05, 0.1) is 0 Å². The summed E-state index contributed by atoms with van der Waals surface area (Å²) in [6.45, 7) is 1.46. The minimum atomic E-state index is -0.177. The highest BCUT2D eigenvalue weighted by Crippen LogP contribution is 2.23. The largest absolute Gasteiger partial charge is 0.298 e. The number of Topliss-reactive ketones (excluding diaryl/α,β-unsaturated/α-hetero) is 1. The topological polar surface area (TPSA) is 59.1 Å². The smallest absolute Gasteiger partial charge is 0.257 e. The summed E-state index contributed by atoms with van der Waals surface area (Å²) in [7, 11) is 0. The van der Waals surface area contributed by atoms with E-state index in [4.69, 9.17) is 0 Å². The number of nitrogens with one attached hydrogen (secondary N) is 1. The summed E-state index contributed by atoms with van der Waals surface area (Å²) in [4.78, 5) is 27.4. The van der Waals surface area contributed by atoms with Crippen molar-refractivity contribution in [1.29, 1.82) is 0 Å². The van der Waals surface area contributed by atoms with Crippen LogP contribution in [0, 0.1) is 0 Å². The molecule has 1 amide bonds. The first-order valence-electron chi connectivity index (χ1n) is 6.53. The summed E-state index contributed by atoms with van der Waals surface area (Å²) >= 11 is 1.26. The van der Waals surface area contributed by atoms with Gasteiger partial charge in [-0.2, -0.15) is 0 Å². The molecule has 1 heterocycles. The number of hydrogen-bond donors (Lipinski definition) is 1. The molecule has 102 valence electrons. The molecule has 1 aromatic heterocycles. The second-order valence-electron chi connectivity index (χ2n) is 4.89. The number of benzene rings is 1. The van der Waals surface area contributed by atoms with Gasteiger partial charge in [-0.3, -0.25) is 14.9 Å². The molecule has 0 aliphatic heterocycles. The number of rotatable bonds is 3. The predicted octanol–water partition coefficient (Wildman–Crippen LogP) is 3.09. The lowest BCUT2D eigenvalue weighted by Crippen LogP contribution is -2.12. The zero-order valence-corrected chi connectivity index (χ0v) is 11.9. The molecule has 5 heteroatoms. The lowest BCUT2D eigenvalue weighted by atomic mass is 10.1. The summed E-state index contributed by atoms with van der Waals surface area (Å²) in [5, 5.41) is 4.85. The highest BCUT2D eigenvalue weighted by atomic mass is 32.1. The van der Waals surface area contributed by atoms with Crippen LogP contribution in [-0.2, 0) is 12.8 Å². The van der Waals surface area contributed by atoms with E-state index < -0.39 is 0 Å². The normalized spacial score (nSPS) is 13.1. The number of amides is 1. The molecule has 1 aliphatic rings. The number of hydrogen-bond acceptors (Lipinski definition) is 4. The Labute approximate surface area is 120 Å².